The number of nitrogens with one attached hydrogen (secondary N) is 2. The van der Waals surface area contributed by atoms with Crippen LogP contribution in [0.4, 0.5) is 17.5 Å². The Kier molecular flexibility index (Phi) is 5.23. The molecule has 5 nitrogen and oxygen atoms in total. The average Bonchev–Trinajstić information content (AvgIpc) is 2.61. The molecule has 0 amide bonds. The molecule has 0 bridgehead atoms. The van der Waals surface area contributed by atoms with Gasteiger partial charge in [0, 0.05) is 12.2 Å². The van der Waals surface area contributed by atoms with E-state index in [1.54, 1.807) is 6.20 Å². The van der Waals surface area contributed by atoms with Crippen molar-refractivity contribution in [2.75, 3.05) is 10.6 Å². The maximum Gasteiger partial charge on any atom is 0.249 e. The van der Waals surface area contributed by atoms with Crippen molar-refractivity contribution in [3.8, 4) is 0 Å². The minimum absolute atomic E-state index is 0.478. The van der Waals surface area contributed by atoms with Crippen LogP contribution in [-0.2, 0) is 6.54 Å². The summed E-state index contributed by atoms with van der Waals surface area (Å²) in [4.78, 5) is 4.47. The number of benzene rings is 2. The quantitative estimate of drug-likeness (QED) is 0.687. The minimum Gasteiger partial charge on any atom is -0.365 e. The van der Waals surface area contributed by atoms with Gasteiger partial charge in [0.05, 0.1) is 6.20 Å². The molecule has 25 heavy (non-hydrogen) atoms. The van der Waals surface area contributed by atoms with E-state index < -0.39 is 0 Å². The van der Waals surface area contributed by atoms with Gasteiger partial charge in [-0.3, -0.25) is 0 Å². The van der Waals surface area contributed by atoms with Gasteiger partial charge < -0.3 is 10.6 Å². The second kappa shape index (κ2) is 7.75. The first-order chi connectivity index (χ1) is 12.1. The van der Waals surface area contributed by atoms with Crippen molar-refractivity contribution >= 4 is 17.5 Å². The highest BCUT2D eigenvalue weighted by atomic mass is 15.3. The highest BCUT2D eigenvalue weighted by Crippen LogP contribution is 2.19. The second-order valence-corrected chi connectivity index (χ2v) is 6.41. The molecule has 0 saturated carbocycles. The van der Waals surface area contributed by atoms with Crippen LogP contribution in [0.5, 0.6) is 0 Å². The first-order valence-corrected chi connectivity index (χ1v) is 8.46. The zero-order valence-corrected chi connectivity index (χ0v) is 14.8. The lowest BCUT2D eigenvalue weighted by molar-refractivity contribution is 0.867. The van der Waals surface area contributed by atoms with E-state index >= 15 is 0 Å². The topological polar surface area (TPSA) is 62.7 Å². The molecule has 0 aliphatic carbocycles. The monoisotopic (exact) mass is 333 g/mol. The largest absolute Gasteiger partial charge is 0.365 e. The van der Waals surface area contributed by atoms with E-state index in [-0.39, 0.29) is 0 Å². The lowest BCUT2D eigenvalue weighted by Crippen LogP contribution is -2.05. The fourth-order valence-electron chi connectivity index (χ4n) is 2.54. The lowest BCUT2D eigenvalue weighted by Gasteiger charge is -2.09. The summed E-state index contributed by atoms with van der Waals surface area (Å²) in [5, 5.41) is 14.5. The van der Waals surface area contributed by atoms with Gasteiger partial charge in [-0.05, 0) is 36.1 Å². The van der Waals surface area contributed by atoms with Crippen molar-refractivity contribution in [3.05, 3.63) is 71.4 Å². The Bertz CT molecular complexity index is 827. The van der Waals surface area contributed by atoms with Gasteiger partial charge in [-0.25, -0.2) is 0 Å². The molecule has 5 heteroatoms. The highest BCUT2D eigenvalue weighted by molar-refractivity contribution is 5.54. The minimum atomic E-state index is 0.478. The Morgan fingerprint density at radius 3 is 2.56 bits per heavy atom. The zero-order chi connectivity index (χ0) is 17.6. The van der Waals surface area contributed by atoms with Gasteiger partial charge in [0.15, 0.2) is 5.82 Å². The summed E-state index contributed by atoms with van der Waals surface area (Å²) in [5.41, 5.74) is 4.70. The van der Waals surface area contributed by atoms with E-state index in [0.29, 0.717) is 24.2 Å². The summed E-state index contributed by atoms with van der Waals surface area (Å²) in [6.45, 7) is 7.14. The van der Waals surface area contributed by atoms with Gasteiger partial charge in [-0.15, -0.1) is 5.10 Å². The van der Waals surface area contributed by atoms with Crippen LogP contribution in [0, 0.1) is 6.92 Å². The summed E-state index contributed by atoms with van der Waals surface area (Å²) < 4.78 is 0. The third kappa shape index (κ3) is 4.76. The maximum absolute atomic E-state index is 4.47. The Balaban J connectivity index is 1.64. The number of rotatable bonds is 6. The van der Waals surface area contributed by atoms with Crippen LogP contribution in [0.15, 0.2) is 54.7 Å². The maximum atomic E-state index is 4.47. The van der Waals surface area contributed by atoms with Gasteiger partial charge in [-0.2, -0.15) is 10.1 Å². The van der Waals surface area contributed by atoms with Gasteiger partial charge in [-0.1, -0.05) is 55.8 Å². The molecule has 3 rings (SSSR count). The lowest BCUT2D eigenvalue weighted by atomic mass is 10.0. The Labute approximate surface area is 148 Å². The molecule has 0 saturated heterocycles. The number of hydrogen-bond acceptors (Lipinski definition) is 5. The zero-order valence-electron chi connectivity index (χ0n) is 14.8. The van der Waals surface area contributed by atoms with Gasteiger partial charge in [0.2, 0.25) is 5.95 Å². The average molecular weight is 333 g/mol. The third-order valence-electron chi connectivity index (χ3n) is 3.95. The normalized spacial score (nSPS) is 10.7. The molecular formula is C20H23N5. The molecule has 2 N–H and O–H groups in total. The summed E-state index contributed by atoms with van der Waals surface area (Å²) in [7, 11) is 0. The molecule has 0 radical (unpaired) electrons. The smallest absolute Gasteiger partial charge is 0.249 e. The third-order valence-corrected chi connectivity index (χ3v) is 3.95. The van der Waals surface area contributed by atoms with Crippen molar-refractivity contribution in [3.63, 3.8) is 0 Å². The van der Waals surface area contributed by atoms with Crippen LogP contribution >= 0.6 is 0 Å². The van der Waals surface area contributed by atoms with Crippen LogP contribution in [0.25, 0.3) is 0 Å². The number of nitrogens with zero attached hydrogens (tertiary/aromatic N) is 3. The predicted octanol–water partition coefficient (Wildman–Crippen LogP) is 4.66. The molecule has 2 aromatic carbocycles. The van der Waals surface area contributed by atoms with Gasteiger partial charge in [0.1, 0.15) is 0 Å². The molecular weight excluding hydrogens is 310 g/mol. The first kappa shape index (κ1) is 16.9. The number of hydrogen-bond donors (Lipinski definition) is 2. The highest BCUT2D eigenvalue weighted by Gasteiger charge is 2.03. The van der Waals surface area contributed by atoms with Crippen LogP contribution in [-0.4, -0.2) is 15.2 Å². The van der Waals surface area contributed by atoms with Crippen molar-refractivity contribution in [1.82, 2.24) is 15.2 Å². The fraction of sp³-hybridized carbons (Fsp3) is 0.250. The molecule has 0 aliphatic rings. The summed E-state index contributed by atoms with van der Waals surface area (Å²) in [6, 6.07) is 16.7. The van der Waals surface area contributed by atoms with Crippen LogP contribution in [0.2, 0.25) is 0 Å². The fourth-order valence-corrected chi connectivity index (χ4v) is 2.54. The van der Waals surface area contributed by atoms with E-state index in [1.807, 2.05) is 12.1 Å². The molecule has 0 spiro atoms. The van der Waals surface area contributed by atoms with E-state index in [9.17, 15) is 0 Å². The molecule has 0 fully saturated rings. The molecule has 0 aliphatic heterocycles. The van der Waals surface area contributed by atoms with Crippen molar-refractivity contribution < 1.29 is 0 Å². The summed E-state index contributed by atoms with van der Waals surface area (Å²) in [6.07, 6.45) is 1.63. The van der Waals surface area contributed by atoms with Crippen molar-refractivity contribution in [1.29, 1.82) is 0 Å². The summed E-state index contributed by atoms with van der Waals surface area (Å²) >= 11 is 0. The second-order valence-electron chi connectivity index (χ2n) is 6.41. The van der Waals surface area contributed by atoms with E-state index in [4.69, 9.17) is 0 Å². The predicted molar refractivity (Wildman–Crippen MR) is 102 cm³/mol. The van der Waals surface area contributed by atoms with Crippen LogP contribution < -0.4 is 10.6 Å². The Hall–Kier alpha value is -2.95. The Morgan fingerprint density at radius 2 is 1.84 bits per heavy atom. The molecule has 128 valence electrons. The number of anilines is 3. The number of aryl methyl sites for hydroxylation is 1. The van der Waals surface area contributed by atoms with E-state index in [1.165, 1.54) is 16.7 Å². The summed E-state index contributed by atoms with van der Waals surface area (Å²) in [5.74, 6) is 1.69. The van der Waals surface area contributed by atoms with E-state index in [0.717, 1.165) is 5.69 Å². The Morgan fingerprint density at radius 1 is 1.04 bits per heavy atom. The van der Waals surface area contributed by atoms with Crippen LogP contribution in [0.1, 0.15) is 36.5 Å². The van der Waals surface area contributed by atoms with Crippen molar-refractivity contribution in [2.24, 2.45) is 0 Å². The van der Waals surface area contributed by atoms with E-state index in [2.05, 4.69) is 83.0 Å². The molecule has 3 aromatic rings. The van der Waals surface area contributed by atoms with Crippen molar-refractivity contribution in [2.45, 2.75) is 33.2 Å². The van der Waals surface area contributed by atoms with Gasteiger partial charge in [0.25, 0.3) is 0 Å². The van der Waals surface area contributed by atoms with Crippen LogP contribution in [0.3, 0.4) is 0 Å². The molecule has 1 heterocycles. The van der Waals surface area contributed by atoms with Gasteiger partial charge >= 0.3 is 0 Å². The standard InChI is InChI=1S/C20H23N5/c1-14(2)17-7-9-18(10-8-17)23-20-24-19(13-22-25-20)21-12-16-6-4-5-15(3)11-16/h4-11,13-14H,12H2,1-3H3,(H2,21,23,24,25). The molecule has 0 unspecified atom stereocenters. The molecule has 1 aromatic heterocycles. The molecule has 0 atom stereocenters. The first-order valence-electron chi connectivity index (χ1n) is 8.46. The SMILES string of the molecule is Cc1cccc(CNc2cnnc(Nc3ccc(C(C)C)cc3)n2)c1. The number of aromatic nitrogens is 3.